The van der Waals surface area contributed by atoms with Gasteiger partial charge in [-0.05, 0) is 36.4 Å². The number of nitrogens with one attached hydrogen (secondary N) is 1. The number of hydrogen-bond acceptors (Lipinski definition) is 5. The first-order chi connectivity index (χ1) is 12.2. The van der Waals surface area contributed by atoms with Crippen LogP contribution < -0.4 is 5.32 Å². The van der Waals surface area contributed by atoms with Crippen molar-refractivity contribution >= 4 is 28.9 Å². The lowest BCUT2D eigenvalue weighted by Gasteiger charge is -2.10. The Hall–Kier alpha value is -3.23. The molecule has 122 valence electrons. The van der Waals surface area contributed by atoms with Gasteiger partial charge in [0.15, 0.2) is 0 Å². The summed E-state index contributed by atoms with van der Waals surface area (Å²) in [4.78, 5) is 13.1. The lowest BCUT2D eigenvalue weighted by atomic mass is 10.1. The number of hydrogen-bond donors (Lipinski definition) is 1. The van der Waals surface area contributed by atoms with Crippen LogP contribution in [0.5, 0.6) is 0 Å². The highest BCUT2D eigenvalue weighted by Gasteiger charge is 2.12. The zero-order valence-corrected chi connectivity index (χ0v) is 14.2. The molecule has 0 spiro atoms. The van der Waals surface area contributed by atoms with E-state index in [4.69, 9.17) is 16.9 Å². The molecule has 1 heterocycles. The Morgan fingerprint density at radius 2 is 1.88 bits per heavy atom. The summed E-state index contributed by atoms with van der Waals surface area (Å²) < 4.78 is 0. The summed E-state index contributed by atoms with van der Waals surface area (Å²) >= 11 is 6.28. The first kappa shape index (κ1) is 16.6. The molecule has 0 unspecified atom stereocenters. The third-order valence-corrected chi connectivity index (χ3v) is 3.85. The molecule has 0 radical (unpaired) electrons. The van der Waals surface area contributed by atoms with E-state index in [0.717, 1.165) is 11.3 Å². The lowest BCUT2D eigenvalue weighted by Crippen LogP contribution is -2.09. The molecular formula is C19H14ClN5. The van der Waals surface area contributed by atoms with Crippen LogP contribution in [0.4, 0.5) is 11.6 Å². The molecule has 2 aromatic carbocycles. The molecule has 0 aliphatic heterocycles. The Morgan fingerprint density at radius 1 is 1.12 bits per heavy atom. The molecule has 0 aliphatic carbocycles. The third kappa shape index (κ3) is 3.82. The minimum absolute atomic E-state index is 0.440. The van der Waals surface area contributed by atoms with Crippen molar-refractivity contribution in [2.75, 3.05) is 12.4 Å². The summed E-state index contributed by atoms with van der Waals surface area (Å²) in [5, 5.41) is 12.6. The fourth-order valence-electron chi connectivity index (χ4n) is 2.33. The summed E-state index contributed by atoms with van der Waals surface area (Å²) in [7, 11) is 1.70. The molecule has 1 aromatic heterocycles. The molecule has 0 bridgehead atoms. The van der Waals surface area contributed by atoms with Crippen molar-refractivity contribution in [3.8, 4) is 6.07 Å². The summed E-state index contributed by atoms with van der Waals surface area (Å²) in [5.74, 6) is 0.440. The first-order valence-electron chi connectivity index (χ1n) is 7.53. The Labute approximate surface area is 150 Å². The zero-order valence-electron chi connectivity index (χ0n) is 13.4. The highest BCUT2D eigenvalue weighted by molar-refractivity contribution is 6.35. The molecule has 6 heteroatoms. The van der Waals surface area contributed by atoms with Gasteiger partial charge in [0, 0.05) is 24.5 Å². The summed E-state index contributed by atoms with van der Waals surface area (Å²) in [5.41, 5.74) is 3.57. The summed E-state index contributed by atoms with van der Waals surface area (Å²) in [6.07, 6.45) is 1.66. The minimum Gasteiger partial charge on any atom is -0.324 e. The first-order valence-corrected chi connectivity index (χ1v) is 7.91. The normalized spacial score (nSPS) is 11.0. The van der Waals surface area contributed by atoms with Crippen LogP contribution in [0.15, 0.2) is 65.8 Å². The molecule has 0 atom stereocenters. The van der Waals surface area contributed by atoms with Crippen LogP contribution in [-0.4, -0.2) is 22.7 Å². The van der Waals surface area contributed by atoms with Gasteiger partial charge in [0.2, 0.25) is 5.95 Å². The van der Waals surface area contributed by atoms with Crippen LogP contribution in [0.1, 0.15) is 16.8 Å². The Bertz CT molecular complexity index is 958. The summed E-state index contributed by atoms with van der Waals surface area (Å²) in [6, 6.07) is 18.4. The van der Waals surface area contributed by atoms with Gasteiger partial charge >= 0.3 is 0 Å². The highest BCUT2D eigenvalue weighted by atomic mass is 35.5. The van der Waals surface area contributed by atoms with Crippen LogP contribution in [0.2, 0.25) is 5.02 Å². The van der Waals surface area contributed by atoms with E-state index in [9.17, 15) is 0 Å². The van der Waals surface area contributed by atoms with Crippen molar-refractivity contribution in [3.05, 3.63) is 82.6 Å². The van der Waals surface area contributed by atoms with Gasteiger partial charge in [-0.1, -0.05) is 29.8 Å². The summed E-state index contributed by atoms with van der Waals surface area (Å²) in [6.45, 7) is 0. The number of anilines is 2. The molecule has 0 amide bonds. The van der Waals surface area contributed by atoms with Gasteiger partial charge in [0.25, 0.3) is 0 Å². The van der Waals surface area contributed by atoms with Crippen molar-refractivity contribution in [2.45, 2.75) is 0 Å². The highest BCUT2D eigenvalue weighted by Crippen LogP contribution is 2.20. The largest absolute Gasteiger partial charge is 0.324 e. The third-order valence-electron chi connectivity index (χ3n) is 3.52. The van der Waals surface area contributed by atoms with Crippen LogP contribution in [0.25, 0.3) is 0 Å². The second-order valence-electron chi connectivity index (χ2n) is 5.13. The van der Waals surface area contributed by atoms with Gasteiger partial charge < -0.3 is 5.32 Å². The van der Waals surface area contributed by atoms with E-state index in [1.54, 1.807) is 43.6 Å². The van der Waals surface area contributed by atoms with E-state index in [0.29, 0.717) is 27.9 Å². The van der Waals surface area contributed by atoms with Gasteiger partial charge in [-0.3, -0.25) is 4.99 Å². The number of aliphatic imine (C=N–C) groups is 1. The van der Waals surface area contributed by atoms with Crippen molar-refractivity contribution in [3.63, 3.8) is 0 Å². The number of benzene rings is 2. The van der Waals surface area contributed by atoms with Crippen molar-refractivity contribution in [1.29, 1.82) is 5.26 Å². The molecule has 25 heavy (non-hydrogen) atoms. The Kier molecular flexibility index (Phi) is 5.03. The van der Waals surface area contributed by atoms with E-state index in [1.165, 1.54) is 0 Å². The number of nitriles is 1. The average Bonchev–Trinajstić information content (AvgIpc) is 2.65. The van der Waals surface area contributed by atoms with Gasteiger partial charge in [-0.2, -0.15) is 5.26 Å². The Morgan fingerprint density at radius 3 is 2.56 bits per heavy atom. The molecule has 0 aliphatic rings. The quantitative estimate of drug-likeness (QED) is 0.717. The molecule has 0 saturated heterocycles. The SMILES string of the molecule is CN=C(c1ccnc(Nc2ccc(C#N)cc2)n1)c1ccccc1Cl. The average molecular weight is 348 g/mol. The monoisotopic (exact) mass is 347 g/mol. The zero-order chi connectivity index (χ0) is 17.6. The molecule has 3 rings (SSSR count). The fraction of sp³-hybridized carbons (Fsp3) is 0.0526. The molecule has 0 fully saturated rings. The predicted octanol–water partition coefficient (Wildman–Crippen LogP) is 4.21. The minimum atomic E-state index is 0.440. The molecule has 0 saturated carbocycles. The van der Waals surface area contributed by atoms with Gasteiger partial charge in [0.05, 0.1) is 28.1 Å². The van der Waals surface area contributed by atoms with Crippen molar-refractivity contribution < 1.29 is 0 Å². The van der Waals surface area contributed by atoms with E-state index in [-0.39, 0.29) is 0 Å². The fourth-order valence-corrected chi connectivity index (χ4v) is 2.56. The van der Waals surface area contributed by atoms with Crippen LogP contribution in [0.3, 0.4) is 0 Å². The molecule has 5 nitrogen and oxygen atoms in total. The second kappa shape index (κ2) is 7.56. The number of aromatic nitrogens is 2. The number of nitrogens with zero attached hydrogens (tertiary/aromatic N) is 4. The standard InChI is InChI=1S/C19H14ClN5/c1-22-18(15-4-2-3-5-16(15)20)17-10-11-23-19(25-17)24-14-8-6-13(12-21)7-9-14/h2-11H,1H3,(H,23,24,25). The van der Waals surface area contributed by atoms with Gasteiger partial charge in [0.1, 0.15) is 0 Å². The van der Waals surface area contributed by atoms with E-state index in [2.05, 4.69) is 26.3 Å². The van der Waals surface area contributed by atoms with E-state index >= 15 is 0 Å². The smallest absolute Gasteiger partial charge is 0.227 e. The van der Waals surface area contributed by atoms with Gasteiger partial charge in [-0.25, -0.2) is 9.97 Å². The second-order valence-corrected chi connectivity index (χ2v) is 5.54. The molecular weight excluding hydrogens is 334 g/mol. The van der Waals surface area contributed by atoms with E-state index < -0.39 is 0 Å². The molecule has 3 aromatic rings. The van der Waals surface area contributed by atoms with Crippen LogP contribution >= 0.6 is 11.6 Å². The maximum Gasteiger partial charge on any atom is 0.227 e. The van der Waals surface area contributed by atoms with Crippen LogP contribution in [-0.2, 0) is 0 Å². The van der Waals surface area contributed by atoms with Crippen LogP contribution in [0, 0.1) is 11.3 Å². The molecule has 1 N–H and O–H groups in total. The predicted molar refractivity (Wildman–Crippen MR) is 99.5 cm³/mol. The topological polar surface area (TPSA) is 74.0 Å². The lowest BCUT2D eigenvalue weighted by molar-refractivity contribution is 1.15. The Balaban J connectivity index is 1.90. The maximum atomic E-state index is 8.85. The maximum absolute atomic E-state index is 8.85. The van der Waals surface area contributed by atoms with Crippen molar-refractivity contribution in [2.24, 2.45) is 4.99 Å². The number of rotatable bonds is 4. The number of halogens is 1. The van der Waals surface area contributed by atoms with E-state index in [1.807, 2.05) is 24.3 Å². The van der Waals surface area contributed by atoms with Gasteiger partial charge in [-0.15, -0.1) is 0 Å². The van der Waals surface area contributed by atoms with Crippen molar-refractivity contribution in [1.82, 2.24) is 9.97 Å².